The summed E-state index contributed by atoms with van der Waals surface area (Å²) in [6, 6.07) is 9.83. The van der Waals surface area contributed by atoms with Crippen LogP contribution < -0.4 is 9.47 Å². The predicted octanol–water partition coefficient (Wildman–Crippen LogP) is 2.84. The van der Waals surface area contributed by atoms with E-state index in [2.05, 4.69) is 29.2 Å². The molecular weight excluding hydrogens is 394 g/mol. The third-order valence-corrected chi connectivity index (χ3v) is 5.58. The summed E-state index contributed by atoms with van der Waals surface area (Å²) in [5.74, 6) is 1.50. The summed E-state index contributed by atoms with van der Waals surface area (Å²) < 4.78 is 21.2. The highest BCUT2D eigenvalue weighted by molar-refractivity contribution is 5.39. The Hall–Kier alpha value is -2.84. The van der Waals surface area contributed by atoms with Crippen molar-refractivity contribution in [2.75, 3.05) is 33.4 Å². The number of nitrogens with zero attached hydrogens (tertiary/aromatic N) is 5. The molecular formula is C23H31N5O3. The van der Waals surface area contributed by atoms with E-state index in [1.54, 1.807) is 7.11 Å². The monoisotopic (exact) mass is 425 g/mol. The third-order valence-electron chi connectivity index (χ3n) is 5.58. The molecule has 0 saturated carbocycles. The average molecular weight is 426 g/mol. The van der Waals surface area contributed by atoms with Gasteiger partial charge in [-0.1, -0.05) is 12.1 Å². The molecule has 0 bridgehead atoms. The van der Waals surface area contributed by atoms with Gasteiger partial charge in [0.2, 0.25) is 0 Å². The quantitative estimate of drug-likeness (QED) is 0.525. The summed E-state index contributed by atoms with van der Waals surface area (Å²) in [4.78, 5) is 2.41. The molecule has 1 atom stereocenters. The molecule has 3 heterocycles. The number of rotatable bonds is 9. The lowest BCUT2D eigenvalue weighted by molar-refractivity contribution is -0.0352. The van der Waals surface area contributed by atoms with Crippen molar-refractivity contribution in [1.82, 2.24) is 24.5 Å². The maximum atomic E-state index is 6.04. The maximum Gasteiger partial charge on any atom is 0.161 e. The van der Waals surface area contributed by atoms with Crippen LogP contribution in [0.3, 0.4) is 0 Å². The van der Waals surface area contributed by atoms with Gasteiger partial charge in [0.15, 0.2) is 11.5 Å². The zero-order chi connectivity index (χ0) is 21.6. The van der Waals surface area contributed by atoms with Crippen molar-refractivity contribution in [3.63, 3.8) is 0 Å². The van der Waals surface area contributed by atoms with E-state index in [-0.39, 0.29) is 6.10 Å². The van der Waals surface area contributed by atoms with Gasteiger partial charge in [0.25, 0.3) is 0 Å². The van der Waals surface area contributed by atoms with Crippen molar-refractivity contribution in [2.24, 2.45) is 7.05 Å². The normalized spacial score (nSPS) is 17.1. The molecule has 1 unspecified atom stereocenters. The van der Waals surface area contributed by atoms with E-state index in [0.717, 1.165) is 55.5 Å². The Kier molecular flexibility index (Phi) is 6.89. The van der Waals surface area contributed by atoms with Crippen molar-refractivity contribution in [1.29, 1.82) is 0 Å². The lowest BCUT2D eigenvalue weighted by Gasteiger charge is -2.31. The number of para-hydroxylation sites is 2. The minimum Gasteiger partial charge on any atom is -0.493 e. The largest absolute Gasteiger partial charge is 0.493 e. The Morgan fingerprint density at radius 3 is 2.84 bits per heavy atom. The number of methoxy groups -OCH3 is 1. The van der Waals surface area contributed by atoms with E-state index >= 15 is 0 Å². The highest BCUT2D eigenvalue weighted by Gasteiger charge is 2.25. The first-order valence-electron chi connectivity index (χ1n) is 10.8. The van der Waals surface area contributed by atoms with Gasteiger partial charge in [0.1, 0.15) is 6.10 Å². The van der Waals surface area contributed by atoms with Gasteiger partial charge in [0, 0.05) is 57.1 Å². The van der Waals surface area contributed by atoms with Gasteiger partial charge in [-0.2, -0.15) is 10.2 Å². The first-order valence-corrected chi connectivity index (χ1v) is 10.8. The maximum absolute atomic E-state index is 6.04. The number of aryl methyl sites for hydroxylation is 2. The van der Waals surface area contributed by atoms with Crippen LogP contribution in [0.2, 0.25) is 0 Å². The molecule has 0 radical (unpaired) electrons. The fourth-order valence-electron chi connectivity index (χ4n) is 3.87. The fourth-order valence-corrected chi connectivity index (χ4v) is 3.87. The molecule has 1 aromatic carbocycles. The summed E-state index contributed by atoms with van der Waals surface area (Å²) in [7, 11) is 3.63. The topological polar surface area (TPSA) is 66.6 Å². The van der Waals surface area contributed by atoms with Gasteiger partial charge in [-0.25, -0.2) is 0 Å². The van der Waals surface area contributed by atoms with Crippen molar-refractivity contribution in [3.05, 3.63) is 59.7 Å². The van der Waals surface area contributed by atoms with E-state index < -0.39 is 0 Å². The van der Waals surface area contributed by atoms with Crippen LogP contribution in [0.25, 0.3) is 0 Å². The molecule has 0 spiro atoms. The first kappa shape index (κ1) is 21.4. The van der Waals surface area contributed by atoms with Gasteiger partial charge in [-0.3, -0.25) is 14.3 Å². The molecule has 0 N–H and O–H groups in total. The minimum atomic E-state index is -0.0231. The molecule has 0 aliphatic carbocycles. The van der Waals surface area contributed by atoms with Crippen LogP contribution in [-0.4, -0.2) is 57.9 Å². The Balaban J connectivity index is 1.34. The smallest absolute Gasteiger partial charge is 0.161 e. The molecule has 1 fully saturated rings. The summed E-state index contributed by atoms with van der Waals surface area (Å²) >= 11 is 0. The van der Waals surface area contributed by atoms with Crippen LogP contribution in [0.4, 0.5) is 0 Å². The number of benzene rings is 1. The zero-order valence-electron chi connectivity index (χ0n) is 18.5. The van der Waals surface area contributed by atoms with Crippen LogP contribution in [0.15, 0.2) is 42.7 Å². The molecule has 3 aromatic rings. The van der Waals surface area contributed by atoms with Crippen molar-refractivity contribution < 1.29 is 14.2 Å². The summed E-state index contributed by atoms with van der Waals surface area (Å²) in [6.45, 7) is 6.87. The summed E-state index contributed by atoms with van der Waals surface area (Å²) in [6.07, 6.45) is 4.80. The van der Waals surface area contributed by atoms with Crippen LogP contribution in [0.5, 0.6) is 11.5 Å². The molecule has 8 nitrogen and oxygen atoms in total. The van der Waals surface area contributed by atoms with Crippen molar-refractivity contribution in [2.45, 2.75) is 32.5 Å². The highest BCUT2D eigenvalue weighted by atomic mass is 16.5. The fraction of sp³-hybridized carbons (Fsp3) is 0.478. The number of ether oxygens (including phenoxy) is 3. The molecule has 1 aliphatic heterocycles. The molecule has 0 amide bonds. The number of hydrogen-bond acceptors (Lipinski definition) is 6. The van der Waals surface area contributed by atoms with Gasteiger partial charge in [-0.15, -0.1) is 0 Å². The van der Waals surface area contributed by atoms with Crippen molar-refractivity contribution in [3.8, 4) is 11.5 Å². The molecule has 31 heavy (non-hydrogen) atoms. The highest BCUT2D eigenvalue weighted by Crippen LogP contribution is 2.26. The van der Waals surface area contributed by atoms with E-state index in [0.29, 0.717) is 13.2 Å². The lowest BCUT2D eigenvalue weighted by Crippen LogP contribution is -2.37. The van der Waals surface area contributed by atoms with Gasteiger partial charge >= 0.3 is 0 Å². The Labute approximate surface area is 183 Å². The molecule has 4 rings (SSSR count). The zero-order valence-corrected chi connectivity index (χ0v) is 18.5. The standard InChI is InChI=1S/C23H31N5O3/c1-4-28-16-18(14-24-28)15-27-10-12-31-23(17-27)20-13-19(26(2)25-20)9-11-30-22-8-6-5-7-21(22)29-3/h5-8,13-14,16,23H,4,9-12,15,17H2,1-3H3. The van der Waals surface area contributed by atoms with Crippen LogP contribution >= 0.6 is 0 Å². The van der Waals surface area contributed by atoms with Crippen LogP contribution in [0, 0.1) is 0 Å². The van der Waals surface area contributed by atoms with Gasteiger partial charge in [0.05, 0.1) is 32.2 Å². The summed E-state index contributed by atoms with van der Waals surface area (Å²) in [5.41, 5.74) is 3.33. The van der Waals surface area contributed by atoms with Crippen LogP contribution in [0.1, 0.15) is 30.0 Å². The van der Waals surface area contributed by atoms with Gasteiger partial charge in [-0.05, 0) is 25.1 Å². The molecule has 1 aliphatic rings. The number of morpholine rings is 1. The molecule has 2 aromatic heterocycles. The van der Waals surface area contributed by atoms with E-state index in [1.807, 2.05) is 46.9 Å². The second kappa shape index (κ2) is 9.98. The number of hydrogen-bond donors (Lipinski definition) is 0. The second-order valence-corrected chi connectivity index (χ2v) is 7.73. The minimum absolute atomic E-state index is 0.0231. The molecule has 166 valence electrons. The van der Waals surface area contributed by atoms with Gasteiger partial charge < -0.3 is 14.2 Å². The first-order chi connectivity index (χ1) is 15.2. The Morgan fingerprint density at radius 1 is 1.23 bits per heavy atom. The number of aromatic nitrogens is 4. The second-order valence-electron chi connectivity index (χ2n) is 7.73. The molecule has 1 saturated heterocycles. The predicted molar refractivity (Wildman–Crippen MR) is 117 cm³/mol. The van der Waals surface area contributed by atoms with E-state index in [4.69, 9.17) is 19.3 Å². The SMILES string of the molecule is CCn1cc(CN2CCOC(c3cc(CCOc4ccccc4OC)n(C)n3)C2)cn1. The van der Waals surface area contributed by atoms with E-state index in [9.17, 15) is 0 Å². The average Bonchev–Trinajstić information content (AvgIpc) is 3.40. The lowest BCUT2D eigenvalue weighted by atomic mass is 10.1. The molecule has 8 heteroatoms. The summed E-state index contributed by atoms with van der Waals surface area (Å²) in [5, 5.41) is 9.10. The van der Waals surface area contributed by atoms with Crippen molar-refractivity contribution >= 4 is 0 Å². The third kappa shape index (κ3) is 5.26. The van der Waals surface area contributed by atoms with Crippen LogP contribution in [-0.2, 0) is 31.3 Å². The Morgan fingerprint density at radius 2 is 2.06 bits per heavy atom. The Bertz CT molecular complexity index is 983. The van der Waals surface area contributed by atoms with E-state index in [1.165, 1.54) is 5.56 Å².